The Hall–Kier alpha value is -5.27. The molecule has 10 N–H and O–H groups in total. The number of nitrogens with zero attached hydrogens (tertiary/aromatic N) is 2. The smallest absolute Gasteiger partial charge is 0.323 e. The summed E-state index contributed by atoms with van der Waals surface area (Å²) in [5.41, 5.74) is 15.5. The van der Waals surface area contributed by atoms with E-state index in [1.165, 1.54) is 48.5 Å². The van der Waals surface area contributed by atoms with Crippen molar-refractivity contribution >= 4 is 41.3 Å². The van der Waals surface area contributed by atoms with Gasteiger partial charge in [-0.2, -0.15) is 0 Å². The predicted molar refractivity (Wildman–Crippen MR) is 139 cm³/mol. The van der Waals surface area contributed by atoms with Gasteiger partial charge in [0.15, 0.2) is 5.54 Å². The lowest BCUT2D eigenvalue weighted by atomic mass is 9.80. The molecule has 1 atom stereocenters. The summed E-state index contributed by atoms with van der Waals surface area (Å²) in [4.78, 5) is 65.7. The van der Waals surface area contributed by atoms with Gasteiger partial charge in [-0.25, -0.2) is 0 Å². The van der Waals surface area contributed by atoms with Crippen LogP contribution in [-0.2, 0) is 24.7 Å². The van der Waals surface area contributed by atoms with E-state index in [0.29, 0.717) is 11.1 Å². The van der Waals surface area contributed by atoms with Crippen molar-refractivity contribution in [2.45, 2.75) is 12.0 Å². The number of amidine groups is 2. The third kappa shape index (κ3) is 6.01. The van der Waals surface area contributed by atoms with Crippen molar-refractivity contribution in [1.29, 1.82) is 10.8 Å². The monoisotopic (exact) mass is 536 g/mol. The molecule has 0 radical (unpaired) electrons. The number of nitrogens with two attached hydrogens (primary N) is 3. The second-order valence-corrected chi connectivity index (χ2v) is 8.83. The molecule has 0 bridgehead atoms. The molecule has 4 amide bonds. The van der Waals surface area contributed by atoms with Crippen LogP contribution in [0.1, 0.15) is 33.5 Å². The van der Waals surface area contributed by atoms with Gasteiger partial charge in [-0.05, 0) is 17.7 Å². The Morgan fingerprint density at radius 2 is 1.38 bits per heavy atom. The van der Waals surface area contributed by atoms with Crippen LogP contribution >= 0.6 is 0 Å². The van der Waals surface area contributed by atoms with Crippen LogP contribution in [0.5, 0.6) is 0 Å². The van der Waals surface area contributed by atoms with E-state index in [9.17, 15) is 29.1 Å². The van der Waals surface area contributed by atoms with Gasteiger partial charge in [-0.15, -0.1) is 0 Å². The van der Waals surface area contributed by atoms with Crippen LogP contribution in [0.2, 0.25) is 0 Å². The molecule has 0 aliphatic carbocycles. The Morgan fingerprint density at radius 3 is 1.87 bits per heavy atom. The summed E-state index contributed by atoms with van der Waals surface area (Å²) in [6.45, 7) is -1.50. The lowest BCUT2D eigenvalue weighted by molar-refractivity contribution is -0.166. The molecule has 1 aliphatic heterocycles. The minimum atomic E-state index is -2.00. The molecule has 1 fully saturated rings. The SMILES string of the molecule is N=C(N)c1ccc(C(=O)NCC(=O)N2CCN(CC(=O)O)C(=O)[C@]2(CC(N)=O)c2ccc(C(=N)N)cc2)cc1. The molecule has 0 spiro atoms. The van der Waals surface area contributed by atoms with Gasteiger partial charge in [0.2, 0.25) is 11.8 Å². The molecule has 0 aromatic heterocycles. The van der Waals surface area contributed by atoms with Crippen molar-refractivity contribution in [3.8, 4) is 0 Å². The first kappa shape index (κ1) is 28.3. The van der Waals surface area contributed by atoms with Gasteiger partial charge in [0.05, 0.1) is 13.0 Å². The Balaban J connectivity index is 1.97. The number of carboxylic acid groups (broad SMARTS) is 1. The molecule has 2 aromatic rings. The first-order chi connectivity index (χ1) is 18.4. The number of aliphatic carboxylic acids is 1. The number of nitrogens with one attached hydrogen (secondary N) is 3. The van der Waals surface area contributed by atoms with Crippen molar-refractivity contribution in [1.82, 2.24) is 15.1 Å². The number of amides is 4. The molecule has 3 rings (SSSR count). The van der Waals surface area contributed by atoms with Crippen molar-refractivity contribution in [2.24, 2.45) is 17.2 Å². The van der Waals surface area contributed by atoms with E-state index in [2.05, 4.69) is 5.32 Å². The summed E-state index contributed by atoms with van der Waals surface area (Å²) >= 11 is 0. The van der Waals surface area contributed by atoms with Crippen LogP contribution in [-0.4, -0.2) is 82.4 Å². The number of benzene rings is 2. The fourth-order valence-electron chi connectivity index (χ4n) is 4.43. The fraction of sp³-hybridized carbons (Fsp3) is 0.240. The molecule has 0 unspecified atom stereocenters. The van der Waals surface area contributed by atoms with Gasteiger partial charge in [0.25, 0.3) is 11.8 Å². The zero-order valence-electron chi connectivity index (χ0n) is 20.8. The zero-order chi connectivity index (χ0) is 28.9. The van der Waals surface area contributed by atoms with Crippen LogP contribution in [0.15, 0.2) is 48.5 Å². The van der Waals surface area contributed by atoms with E-state index in [1.54, 1.807) is 0 Å². The molecular weight excluding hydrogens is 508 g/mol. The molecule has 1 saturated heterocycles. The number of carboxylic acids is 1. The van der Waals surface area contributed by atoms with Crippen LogP contribution in [0.4, 0.5) is 0 Å². The highest BCUT2D eigenvalue weighted by molar-refractivity contribution is 6.02. The molecule has 1 heterocycles. The third-order valence-corrected chi connectivity index (χ3v) is 6.28. The largest absolute Gasteiger partial charge is 0.480 e. The predicted octanol–water partition coefficient (Wildman–Crippen LogP) is -1.49. The summed E-state index contributed by atoms with van der Waals surface area (Å²) in [5.74, 6) is -4.80. The standard InChI is InChI=1S/C25H28N8O6/c26-18(34)11-25(17-7-5-15(6-8-17)22(29)30)24(39)32(13-20(36)37)9-10-33(25)19(35)12-31-23(38)16-3-1-14(2-4-16)21(27)28/h1-8H,9-13H2,(H2,26,34)(H3,27,28)(H3,29,30)(H,31,38)(H,36,37)/t25-/m0/s1. The van der Waals surface area contributed by atoms with Crippen molar-refractivity contribution in [3.63, 3.8) is 0 Å². The molecule has 2 aromatic carbocycles. The van der Waals surface area contributed by atoms with Crippen LogP contribution in [0, 0.1) is 10.8 Å². The van der Waals surface area contributed by atoms with E-state index in [0.717, 1.165) is 9.80 Å². The number of rotatable bonds is 10. The maximum absolute atomic E-state index is 13.8. The van der Waals surface area contributed by atoms with E-state index in [4.69, 9.17) is 28.0 Å². The van der Waals surface area contributed by atoms with Gasteiger partial charge in [-0.3, -0.25) is 34.8 Å². The second-order valence-electron chi connectivity index (χ2n) is 8.83. The molecule has 1 aliphatic rings. The summed E-state index contributed by atoms with van der Waals surface area (Å²) < 4.78 is 0. The number of hydrogen-bond donors (Lipinski definition) is 7. The number of nitrogen functional groups attached to an aromatic ring is 2. The summed E-state index contributed by atoms with van der Waals surface area (Å²) in [6, 6.07) is 11.5. The van der Waals surface area contributed by atoms with Gasteiger partial charge in [0.1, 0.15) is 18.2 Å². The third-order valence-electron chi connectivity index (χ3n) is 6.28. The minimum absolute atomic E-state index is 0.136. The topological polar surface area (TPSA) is 250 Å². The molecular formula is C25H28N8O6. The lowest BCUT2D eigenvalue weighted by Gasteiger charge is -2.49. The number of hydrogen-bond acceptors (Lipinski definition) is 7. The quantitative estimate of drug-likeness (QED) is 0.139. The van der Waals surface area contributed by atoms with Gasteiger partial charge < -0.3 is 37.4 Å². The normalized spacial score (nSPS) is 16.9. The maximum Gasteiger partial charge on any atom is 0.323 e. The number of primary amides is 1. The Kier molecular flexibility index (Phi) is 8.28. The average molecular weight is 537 g/mol. The number of carbonyl (C=O) groups is 5. The summed E-state index contributed by atoms with van der Waals surface area (Å²) in [6.07, 6.45) is -0.659. The average Bonchev–Trinajstić information content (AvgIpc) is 2.89. The molecule has 39 heavy (non-hydrogen) atoms. The Labute approximate surface area is 222 Å². The fourth-order valence-corrected chi connectivity index (χ4v) is 4.43. The lowest BCUT2D eigenvalue weighted by Crippen LogP contribution is -2.67. The van der Waals surface area contributed by atoms with Gasteiger partial charge >= 0.3 is 5.97 Å². The molecule has 14 nitrogen and oxygen atoms in total. The molecule has 0 saturated carbocycles. The van der Waals surface area contributed by atoms with Crippen LogP contribution < -0.4 is 22.5 Å². The Bertz CT molecular complexity index is 1340. The first-order valence-corrected chi connectivity index (χ1v) is 11.6. The van der Waals surface area contributed by atoms with E-state index < -0.39 is 54.6 Å². The first-order valence-electron chi connectivity index (χ1n) is 11.6. The van der Waals surface area contributed by atoms with Crippen molar-refractivity contribution in [3.05, 3.63) is 70.8 Å². The van der Waals surface area contributed by atoms with Crippen LogP contribution in [0.25, 0.3) is 0 Å². The van der Waals surface area contributed by atoms with Crippen LogP contribution in [0.3, 0.4) is 0 Å². The highest BCUT2D eigenvalue weighted by Crippen LogP contribution is 2.37. The maximum atomic E-state index is 13.8. The molecule has 14 heteroatoms. The van der Waals surface area contributed by atoms with Crippen molar-refractivity contribution < 1.29 is 29.1 Å². The Morgan fingerprint density at radius 1 is 0.872 bits per heavy atom. The highest BCUT2D eigenvalue weighted by Gasteiger charge is 2.53. The zero-order valence-corrected chi connectivity index (χ0v) is 20.8. The molecule has 204 valence electrons. The summed E-state index contributed by atoms with van der Waals surface area (Å²) in [7, 11) is 0. The second kappa shape index (κ2) is 11.4. The number of carbonyl (C=O) groups excluding carboxylic acids is 4. The van der Waals surface area contributed by atoms with E-state index >= 15 is 0 Å². The number of piperazine rings is 1. The summed E-state index contributed by atoms with van der Waals surface area (Å²) in [5, 5.41) is 26.8. The van der Waals surface area contributed by atoms with E-state index in [-0.39, 0.29) is 35.9 Å². The minimum Gasteiger partial charge on any atom is -0.480 e. The van der Waals surface area contributed by atoms with E-state index in [1.807, 2.05) is 0 Å². The van der Waals surface area contributed by atoms with Gasteiger partial charge in [-0.1, -0.05) is 36.4 Å². The highest BCUT2D eigenvalue weighted by atomic mass is 16.4. The van der Waals surface area contributed by atoms with Crippen molar-refractivity contribution in [2.75, 3.05) is 26.2 Å². The van der Waals surface area contributed by atoms with Gasteiger partial charge in [0, 0.05) is 29.8 Å².